The number of hydrogen-bond donors (Lipinski definition) is 0. The first-order chi connectivity index (χ1) is 52.9. The van der Waals surface area contributed by atoms with Gasteiger partial charge in [-0.05, 0) is 210 Å². The molecule has 0 spiro atoms. The van der Waals surface area contributed by atoms with Crippen molar-refractivity contribution in [1.82, 2.24) is 0 Å². The molecule has 558 valence electrons. The maximum absolute atomic E-state index is 6.83. The number of fused-ring (bicyclic) bond motifs is 9. The first-order valence-electron chi connectivity index (χ1n) is 42.4. The second-order valence-electron chi connectivity index (χ2n) is 31.7. The lowest BCUT2D eigenvalue weighted by atomic mass is 9.69. The molecule has 0 saturated heterocycles. The summed E-state index contributed by atoms with van der Waals surface area (Å²) in [4.78, 5) is 0. The largest absolute Gasteiger partial charge is 0.491 e. The van der Waals surface area contributed by atoms with Crippen molar-refractivity contribution in [2.45, 2.75) is 237 Å². The normalized spacial score (nSPS) is 13.8. The summed E-state index contributed by atoms with van der Waals surface area (Å²) in [5.74, 6) is 1.73. The smallest absolute Gasteiger partial charge is 0.119 e. The molecule has 0 amide bonds. The molecule has 3 aliphatic rings. The van der Waals surface area contributed by atoms with Crippen LogP contribution in [-0.4, -0.2) is 39.6 Å². The second kappa shape index (κ2) is 38.7. The molecule has 0 bridgehead atoms. The van der Waals surface area contributed by atoms with Gasteiger partial charge in [-0.3, -0.25) is 0 Å². The summed E-state index contributed by atoms with van der Waals surface area (Å²) in [6, 6.07) is 88.0. The molecule has 0 atom stereocenters. The Bertz CT molecular complexity index is 4060. The highest BCUT2D eigenvalue weighted by molar-refractivity contribution is 5.91. The first-order valence-corrected chi connectivity index (χ1v) is 42.4. The van der Waals surface area contributed by atoms with Crippen molar-refractivity contribution in [3.8, 4) is 89.4 Å². The third-order valence-corrected chi connectivity index (χ3v) is 24.6. The van der Waals surface area contributed by atoms with E-state index in [-0.39, 0.29) is 10.8 Å². The molecule has 10 aromatic carbocycles. The fraction of sp³-hybridized carbons (Fsp3) is 0.417. The third kappa shape index (κ3) is 18.2. The standard InChI is InChI=1S/C103H122O4/c1-5-9-13-17-21-37-61-101(62-38-22-18-14-10-6-2)95-73-81(79-41-29-25-30-42-79)49-55-89(95)91-57-51-83(75-97(91)101)85-53-59-93-94-60-54-86(78-100(94)103(99(93)77-85,65-67-104-69-71-106-87-45-33-27-34-46-87)66-68-105-70-72-107-88-47-35-28-36-48-88)84-52-58-92-90-56-50-82(80-43-31-26-32-44-80)74-96(90)102(98(92)76-84,63-39-23-19-15-11-7-3)64-40-24-20-16-12-8-4/h25-36,41-60,73-78H,5-24,37-40,61-72H2,1-4H3. The van der Waals surface area contributed by atoms with E-state index < -0.39 is 5.41 Å². The second-order valence-corrected chi connectivity index (χ2v) is 31.7. The number of ether oxygens (including phenoxy) is 4. The minimum Gasteiger partial charge on any atom is -0.491 e. The summed E-state index contributed by atoms with van der Waals surface area (Å²) in [6.07, 6.45) is 37.1. The van der Waals surface area contributed by atoms with Gasteiger partial charge in [0.1, 0.15) is 24.7 Å². The molecule has 0 N–H and O–H groups in total. The predicted molar refractivity (Wildman–Crippen MR) is 454 cm³/mol. The SMILES string of the molecule is CCCCCCCCC1(CCCCCCCC)c2cc(-c3ccccc3)ccc2-c2ccc(-c3ccc4c(c3)C(CCOCCOc3ccccc3)(CCOCCOc3ccccc3)c3cc(-c5ccc6c(c5)C(CCCCCCCC)(CCCCCCCC)c5cc(-c7ccccc7)ccc5-6)ccc3-4)cc21. The fourth-order valence-corrected chi connectivity index (χ4v) is 18.8. The van der Waals surface area contributed by atoms with Crippen molar-refractivity contribution in [3.63, 3.8) is 0 Å². The molecule has 0 heterocycles. The molecule has 107 heavy (non-hydrogen) atoms. The van der Waals surface area contributed by atoms with Crippen molar-refractivity contribution in [3.05, 3.63) is 264 Å². The van der Waals surface area contributed by atoms with E-state index in [0.29, 0.717) is 39.6 Å². The molecule has 0 unspecified atom stereocenters. The Morgan fingerprint density at radius 2 is 0.421 bits per heavy atom. The maximum Gasteiger partial charge on any atom is 0.119 e. The van der Waals surface area contributed by atoms with E-state index in [1.165, 1.54) is 280 Å². The van der Waals surface area contributed by atoms with Crippen LogP contribution in [0.2, 0.25) is 0 Å². The number of hydrogen-bond acceptors (Lipinski definition) is 4. The minimum absolute atomic E-state index is 0.0924. The van der Waals surface area contributed by atoms with Crippen LogP contribution >= 0.6 is 0 Å². The van der Waals surface area contributed by atoms with Gasteiger partial charge in [0.15, 0.2) is 0 Å². The van der Waals surface area contributed by atoms with Crippen molar-refractivity contribution in [2.75, 3.05) is 39.6 Å². The average molecular weight is 1420 g/mol. The van der Waals surface area contributed by atoms with Crippen LogP contribution in [0.15, 0.2) is 231 Å². The van der Waals surface area contributed by atoms with Gasteiger partial charge in [-0.1, -0.05) is 352 Å². The molecule has 0 aliphatic heterocycles. The molecule has 4 heteroatoms. The van der Waals surface area contributed by atoms with Crippen LogP contribution in [0.3, 0.4) is 0 Å². The van der Waals surface area contributed by atoms with E-state index in [1.54, 1.807) is 11.1 Å². The van der Waals surface area contributed by atoms with Gasteiger partial charge in [0.25, 0.3) is 0 Å². The molecule has 10 aromatic rings. The highest BCUT2D eigenvalue weighted by Crippen LogP contribution is 2.60. The van der Waals surface area contributed by atoms with E-state index in [4.69, 9.17) is 18.9 Å². The van der Waals surface area contributed by atoms with Crippen LogP contribution in [0.5, 0.6) is 11.5 Å². The number of para-hydroxylation sites is 2. The lowest BCUT2D eigenvalue weighted by Gasteiger charge is -2.34. The van der Waals surface area contributed by atoms with Crippen LogP contribution in [0, 0.1) is 0 Å². The lowest BCUT2D eigenvalue weighted by Crippen LogP contribution is -2.30. The van der Waals surface area contributed by atoms with E-state index >= 15 is 0 Å². The monoisotopic (exact) mass is 1420 g/mol. The average Bonchev–Trinajstić information content (AvgIpc) is 1.52. The van der Waals surface area contributed by atoms with Crippen LogP contribution in [0.25, 0.3) is 77.9 Å². The van der Waals surface area contributed by atoms with Gasteiger partial charge in [0.2, 0.25) is 0 Å². The summed E-state index contributed by atoms with van der Waals surface area (Å²) in [6.45, 7) is 12.4. The number of benzene rings is 10. The predicted octanol–water partition coefficient (Wildman–Crippen LogP) is 29.1. The first kappa shape index (κ1) is 76.9. The Balaban J connectivity index is 0.917. The third-order valence-electron chi connectivity index (χ3n) is 24.6. The molecular weight excluding hydrogens is 1300 g/mol. The van der Waals surface area contributed by atoms with Gasteiger partial charge in [-0.15, -0.1) is 0 Å². The van der Waals surface area contributed by atoms with Gasteiger partial charge in [-0.2, -0.15) is 0 Å². The zero-order valence-electron chi connectivity index (χ0n) is 65.5. The van der Waals surface area contributed by atoms with Crippen molar-refractivity contribution in [1.29, 1.82) is 0 Å². The zero-order valence-corrected chi connectivity index (χ0v) is 65.5. The Morgan fingerprint density at radius 3 is 0.682 bits per heavy atom. The lowest BCUT2D eigenvalue weighted by molar-refractivity contribution is 0.0706. The maximum atomic E-state index is 6.83. The van der Waals surface area contributed by atoms with E-state index in [2.05, 4.69) is 198 Å². The minimum atomic E-state index is -0.461. The Kier molecular flexibility index (Phi) is 27.8. The van der Waals surface area contributed by atoms with Crippen molar-refractivity contribution >= 4 is 0 Å². The van der Waals surface area contributed by atoms with Crippen LogP contribution in [-0.2, 0) is 25.7 Å². The Labute approximate surface area is 644 Å². The topological polar surface area (TPSA) is 36.9 Å². The summed E-state index contributed by atoms with van der Waals surface area (Å²) >= 11 is 0. The zero-order chi connectivity index (χ0) is 73.4. The van der Waals surface area contributed by atoms with Crippen LogP contribution < -0.4 is 9.47 Å². The summed E-state index contributed by atoms with van der Waals surface area (Å²) in [5.41, 5.74) is 26.9. The molecule has 0 radical (unpaired) electrons. The summed E-state index contributed by atoms with van der Waals surface area (Å²) < 4.78 is 26.2. The van der Waals surface area contributed by atoms with Gasteiger partial charge >= 0.3 is 0 Å². The number of unbranched alkanes of at least 4 members (excludes halogenated alkanes) is 20. The van der Waals surface area contributed by atoms with E-state index in [9.17, 15) is 0 Å². The highest BCUT2D eigenvalue weighted by Gasteiger charge is 2.47. The molecule has 4 nitrogen and oxygen atoms in total. The Hall–Kier alpha value is -8.28. The van der Waals surface area contributed by atoms with Gasteiger partial charge in [-0.25, -0.2) is 0 Å². The quantitative estimate of drug-likeness (QED) is 0.0356. The van der Waals surface area contributed by atoms with Crippen LogP contribution in [0.1, 0.15) is 254 Å². The summed E-state index contributed by atoms with van der Waals surface area (Å²) in [7, 11) is 0. The molecule has 0 saturated carbocycles. The van der Waals surface area contributed by atoms with Crippen molar-refractivity contribution in [2.24, 2.45) is 0 Å². The van der Waals surface area contributed by atoms with E-state index in [1.807, 2.05) is 60.7 Å². The van der Waals surface area contributed by atoms with Crippen molar-refractivity contribution < 1.29 is 18.9 Å². The van der Waals surface area contributed by atoms with E-state index in [0.717, 1.165) is 24.3 Å². The highest BCUT2D eigenvalue weighted by atomic mass is 16.5. The summed E-state index contributed by atoms with van der Waals surface area (Å²) in [5, 5.41) is 0. The van der Waals surface area contributed by atoms with Gasteiger partial charge in [0.05, 0.1) is 13.2 Å². The molecule has 0 aromatic heterocycles. The molecule has 3 aliphatic carbocycles. The van der Waals surface area contributed by atoms with Gasteiger partial charge < -0.3 is 18.9 Å². The molecule has 13 rings (SSSR count). The molecular formula is C103H122O4. The van der Waals surface area contributed by atoms with Gasteiger partial charge in [0, 0.05) is 29.5 Å². The Morgan fingerprint density at radius 1 is 0.196 bits per heavy atom. The fourth-order valence-electron chi connectivity index (χ4n) is 18.8. The number of rotatable bonds is 46. The molecule has 0 fully saturated rings. The van der Waals surface area contributed by atoms with Crippen LogP contribution in [0.4, 0.5) is 0 Å².